The van der Waals surface area contributed by atoms with Gasteiger partial charge in [0.05, 0.1) is 6.04 Å². The highest BCUT2D eigenvalue weighted by molar-refractivity contribution is 6.09. The lowest BCUT2D eigenvalue weighted by Crippen LogP contribution is -2.49. The summed E-state index contributed by atoms with van der Waals surface area (Å²) in [6.45, 7) is -0.275. The molecule has 0 atom stereocenters. The van der Waals surface area contributed by atoms with Crippen LogP contribution in [0.1, 0.15) is 49.3 Å². The van der Waals surface area contributed by atoms with E-state index in [9.17, 15) is 14.4 Å². The average Bonchev–Trinajstić information content (AvgIpc) is 2.97. The number of nitrogens with one attached hydrogen (secondary N) is 2. The predicted octanol–water partition coefficient (Wildman–Crippen LogP) is 3.15. The van der Waals surface area contributed by atoms with E-state index in [-0.39, 0.29) is 24.4 Å². The average molecular weight is 391 g/mol. The molecule has 150 valence electrons. The second-order valence-corrected chi connectivity index (χ2v) is 7.79. The number of rotatable bonds is 5. The Morgan fingerprint density at radius 2 is 1.48 bits per heavy atom. The van der Waals surface area contributed by atoms with E-state index < -0.39 is 11.6 Å². The van der Waals surface area contributed by atoms with Crippen molar-refractivity contribution in [3.05, 3.63) is 71.8 Å². The monoisotopic (exact) mass is 391 g/mol. The third-order valence-corrected chi connectivity index (χ3v) is 5.83. The molecule has 0 bridgehead atoms. The highest BCUT2D eigenvalue weighted by Gasteiger charge is 2.51. The first kappa shape index (κ1) is 19.2. The Morgan fingerprint density at radius 1 is 0.931 bits per heavy atom. The van der Waals surface area contributed by atoms with Crippen LogP contribution in [0.3, 0.4) is 0 Å². The number of benzene rings is 2. The van der Waals surface area contributed by atoms with Crippen molar-refractivity contribution in [3.8, 4) is 0 Å². The molecule has 6 nitrogen and oxygen atoms in total. The van der Waals surface area contributed by atoms with Gasteiger partial charge in [0.2, 0.25) is 5.91 Å². The fourth-order valence-corrected chi connectivity index (χ4v) is 4.31. The molecule has 4 rings (SSSR count). The molecule has 0 aromatic heterocycles. The highest BCUT2D eigenvalue weighted by atomic mass is 16.2. The summed E-state index contributed by atoms with van der Waals surface area (Å²) in [5, 5.41) is 5.84. The molecule has 0 unspecified atom stereocenters. The van der Waals surface area contributed by atoms with Crippen molar-refractivity contribution in [2.24, 2.45) is 0 Å². The Morgan fingerprint density at radius 3 is 2.03 bits per heavy atom. The SMILES string of the molecule is O=C(CN1C(=O)NC2(CCCCC2)C1=O)NC(c1ccccc1)c1ccccc1. The van der Waals surface area contributed by atoms with E-state index in [1.54, 1.807) is 0 Å². The van der Waals surface area contributed by atoms with E-state index in [1.807, 2.05) is 60.7 Å². The number of carbonyl (C=O) groups is 3. The zero-order chi connectivity index (χ0) is 20.3. The van der Waals surface area contributed by atoms with Gasteiger partial charge in [-0.25, -0.2) is 4.79 Å². The smallest absolute Gasteiger partial charge is 0.325 e. The maximum Gasteiger partial charge on any atom is 0.325 e. The van der Waals surface area contributed by atoms with E-state index in [0.29, 0.717) is 12.8 Å². The second-order valence-electron chi connectivity index (χ2n) is 7.79. The van der Waals surface area contributed by atoms with Gasteiger partial charge in [0.1, 0.15) is 12.1 Å². The molecule has 1 aliphatic heterocycles. The van der Waals surface area contributed by atoms with Gasteiger partial charge in [-0.2, -0.15) is 0 Å². The minimum absolute atomic E-state index is 0.270. The molecule has 1 saturated heterocycles. The molecule has 6 heteroatoms. The van der Waals surface area contributed by atoms with Crippen LogP contribution in [-0.2, 0) is 9.59 Å². The van der Waals surface area contributed by atoms with Gasteiger partial charge in [-0.05, 0) is 24.0 Å². The number of amides is 4. The van der Waals surface area contributed by atoms with Gasteiger partial charge in [0.15, 0.2) is 0 Å². The summed E-state index contributed by atoms with van der Waals surface area (Å²) in [6, 6.07) is 18.5. The van der Waals surface area contributed by atoms with Crippen molar-refractivity contribution in [1.29, 1.82) is 0 Å². The zero-order valence-corrected chi connectivity index (χ0v) is 16.3. The summed E-state index contributed by atoms with van der Waals surface area (Å²) in [6.07, 6.45) is 4.19. The van der Waals surface area contributed by atoms with Gasteiger partial charge < -0.3 is 10.6 Å². The van der Waals surface area contributed by atoms with E-state index >= 15 is 0 Å². The maximum atomic E-state index is 12.9. The van der Waals surface area contributed by atoms with E-state index in [1.165, 1.54) is 0 Å². The highest BCUT2D eigenvalue weighted by Crippen LogP contribution is 2.33. The van der Waals surface area contributed by atoms with Crippen LogP contribution < -0.4 is 10.6 Å². The number of hydrogen-bond acceptors (Lipinski definition) is 3. The lowest BCUT2D eigenvalue weighted by Gasteiger charge is -2.30. The molecule has 2 aliphatic rings. The molecule has 1 aliphatic carbocycles. The molecule has 2 aromatic carbocycles. The molecule has 2 aromatic rings. The molecule has 2 N–H and O–H groups in total. The molecule has 29 heavy (non-hydrogen) atoms. The van der Waals surface area contributed by atoms with Gasteiger partial charge in [-0.3, -0.25) is 14.5 Å². The van der Waals surface area contributed by atoms with Crippen LogP contribution in [0.15, 0.2) is 60.7 Å². The predicted molar refractivity (Wildman–Crippen MR) is 109 cm³/mol. The summed E-state index contributed by atoms with van der Waals surface area (Å²) in [5.41, 5.74) is 1.06. The molecule has 2 fully saturated rings. The van der Waals surface area contributed by atoms with Crippen molar-refractivity contribution >= 4 is 17.8 Å². The van der Waals surface area contributed by atoms with Crippen LogP contribution in [0.2, 0.25) is 0 Å². The lowest BCUT2D eigenvalue weighted by atomic mass is 9.82. The Hall–Kier alpha value is -3.15. The van der Waals surface area contributed by atoms with Crippen molar-refractivity contribution in [3.63, 3.8) is 0 Å². The number of carbonyl (C=O) groups excluding carboxylic acids is 3. The first-order chi connectivity index (χ1) is 14.1. The van der Waals surface area contributed by atoms with Crippen LogP contribution in [0.4, 0.5) is 4.79 Å². The van der Waals surface area contributed by atoms with Crippen LogP contribution in [0, 0.1) is 0 Å². The van der Waals surface area contributed by atoms with Crippen LogP contribution in [-0.4, -0.2) is 34.8 Å². The standard InChI is InChI=1S/C23H25N3O3/c27-19(16-26-21(28)23(25-22(26)29)14-8-3-9-15-23)24-20(17-10-4-1-5-11-17)18-12-6-2-7-13-18/h1-2,4-7,10-13,20H,3,8-9,14-16H2,(H,24,27)(H,25,29). The molecule has 1 saturated carbocycles. The van der Waals surface area contributed by atoms with Crippen molar-refractivity contribution in [1.82, 2.24) is 15.5 Å². The third kappa shape index (κ3) is 3.88. The summed E-state index contributed by atoms with van der Waals surface area (Å²) in [5.74, 6) is -0.632. The molecule has 1 heterocycles. The second kappa shape index (κ2) is 8.07. The number of urea groups is 1. The largest absolute Gasteiger partial charge is 0.344 e. The van der Waals surface area contributed by atoms with Crippen molar-refractivity contribution in [2.45, 2.75) is 43.7 Å². The molecule has 4 amide bonds. The van der Waals surface area contributed by atoms with Crippen LogP contribution in [0.25, 0.3) is 0 Å². The fraction of sp³-hybridized carbons (Fsp3) is 0.348. The number of imide groups is 1. The number of nitrogens with zero attached hydrogens (tertiary/aromatic N) is 1. The van der Waals surface area contributed by atoms with Crippen LogP contribution >= 0.6 is 0 Å². The Balaban J connectivity index is 1.50. The minimum Gasteiger partial charge on any atom is -0.344 e. The zero-order valence-electron chi connectivity index (χ0n) is 16.3. The topological polar surface area (TPSA) is 78.5 Å². The van der Waals surface area contributed by atoms with E-state index in [4.69, 9.17) is 0 Å². The van der Waals surface area contributed by atoms with Gasteiger partial charge in [0.25, 0.3) is 5.91 Å². The van der Waals surface area contributed by atoms with Crippen molar-refractivity contribution in [2.75, 3.05) is 6.54 Å². The molecular formula is C23H25N3O3. The van der Waals surface area contributed by atoms with Gasteiger partial charge >= 0.3 is 6.03 Å². The van der Waals surface area contributed by atoms with E-state index in [0.717, 1.165) is 35.3 Å². The maximum absolute atomic E-state index is 12.9. The normalized spacial score (nSPS) is 18.2. The quantitative estimate of drug-likeness (QED) is 0.769. The van der Waals surface area contributed by atoms with E-state index in [2.05, 4.69) is 10.6 Å². The first-order valence-electron chi connectivity index (χ1n) is 10.1. The molecule has 0 radical (unpaired) electrons. The lowest BCUT2D eigenvalue weighted by molar-refractivity contribution is -0.136. The van der Waals surface area contributed by atoms with Gasteiger partial charge in [-0.15, -0.1) is 0 Å². The minimum atomic E-state index is -0.812. The summed E-state index contributed by atoms with van der Waals surface area (Å²) < 4.78 is 0. The Labute approximate surface area is 170 Å². The fourth-order valence-electron chi connectivity index (χ4n) is 4.31. The molecular weight excluding hydrogens is 366 g/mol. The van der Waals surface area contributed by atoms with Gasteiger partial charge in [0, 0.05) is 0 Å². The Bertz CT molecular complexity index is 853. The van der Waals surface area contributed by atoms with Gasteiger partial charge in [-0.1, -0.05) is 79.9 Å². The van der Waals surface area contributed by atoms with Crippen LogP contribution in [0.5, 0.6) is 0 Å². The summed E-state index contributed by atoms with van der Waals surface area (Å²) >= 11 is 0. The van der Waals surface area contributed by atoms with Crippen molar-refractivity contribution < 1.29 is 14.4 Å². The number of hydrogen-bond donors (Lipinski definition) is 2. The molecule has 1 spiro atoms. The summed E-state index contributed by atoms with van der Waals surface area (Å²) in [7, 11) is 0. The Kier molecular flexibility index (Phi) is 5.34. The first-order valence-corrected chi connectivity index (χ1v) is 10.1. The third-order valence-electron chi connectivity index (χ3n) is 5.83. The summed E-state index contributed by atoms with van der Waals surface area (Å²) in [4.78, 5) is 39.2.